The Labute approximate surface area is 76.5 Å². The first-order valence-corrected chi connectivity index (χ1v) is 4.54. The van der Waals surface area contributed by atoms with Gasteiger partial charge in [0, 0.05) is 6.61 Å². The highest BCUT2D eigenvalue weighted by atomic mass is 16.5. The van der Waals surface area contributed by atoms with E-state index in [1.54, 1.807) is 0 Å². The summed E-state index contributed by atoms with van der Waals surface area (Å²) in [5.41, 5.74) is 0.591. The Kier molecular flexibility index (Phi) is 2.61. The highest BCUT2D eigenvalue weighted by Gasteiger charge is 2.18. The molecule has 0 radical (unpaired) electrons. The molecule has 72 valence electrons. The number of hydrogen-bond donors (Lipinski definition) is 1. The highest BCUT2D eigenvalue weighted by molar-refractivity contribution is 4.95. The lowest BCUT2D eigenvalue weighted by Gasteiger charge is -2.04. The lowest BCUT2D eigenvalue weighted by molar-refractivity contribution is 0.106. The van der Waals surface area contributed by atoms with Crippen LogP contribution in [0.4, 0.5) is 0 Å². The third-order valence-corrected chi connectivity index (χ3v) is 2.19. The van der Waals surface area contributed by atoms with E-state index < -0.39 is 0 Å². The van der Waals surface area contributed by atoms with Crippen LogP contribution in [0.5, 0.6) is 0 Å². The largest absolute Gasteiger partial charge is 0.449 e. The standard InChI is InChI=1S/C9H13NO3/c11-5-7-6-13-9(10-7)4-8-2-1-3-12-8/h6,8,11H,1-5H2. The van der Waals surface area contributed by atoms with E-state index in [9.17, 15) is 0 Å². The van der Waals surface area contributed by atoms with Crippen molar-refractivity contribution in [2.75, 3.05) is 6.61 Å². The lowest BCUT2D eigenvalue weighted by Crippen LogP contribution is -2.08. The molecule has 1 aliphatic rings. The van der Waals surface area contributed by atoms with Crippen LogP contribution in [0.15, 0.2) is 10.7 Å². The molecule has 2 rings (SSSR count). The number of hydrogen-bond acceptors (Lipinski definition) is 4. The molecule has 1 saturated heterocycles. The van der Waals surface area contributed by atoms with Gasteiger partial charge in [-0.25, -0.2) is 4.98 Å². The molecule has 2 heterocycles. The van der Waals surface area contributed by atoms with Crippen molar-refractivity contribution in [2.24, 2.45) is 0 Å². The number of nitrogens with zero attached hydrogens (tertiary/aromatic N) is 1. The zero-order valence-corrected chi connectivity index (χ0v) is 7.40. The zero-order valence-electron chi connectivity index (χ0n) is 7.40. The summed E-state index contributed by atoms with van der Waals surface area (Å²) in [7, 11) is 0. The van der Waals surface area contributed by atoms with Crippen molar-refractivity contribution in [3.8, 4) is 0 Å². The summed E-state index contributed by atoms with van der Waals surface area (Å²) in [6, 6.07) is 0. The molecule has 1 fully saturated rings. The lowest BCUT2D eigenvalue weighted by atomic mass is 10.2. The summed E-state index contributed by atoms with van der Waals surface area (Å²) in [5, 5.41) is 8.76. The van der Waals surface area contributed by atoms with Gasteiger partial charge in [0.05, 0.1) is 19.1 Å². The van der Waals surface area contributed by atoms with Crippen LogP contribution in [0, 0.1) is 0 Å². The van der Waals surface area contributed by atoms with Gasteiger partial charge in [0.25, 0.3) is 0 Å². The molecule has 1 aliphatic heterocycles. The van der Waals surface area contributed by atoms with Crippen LogP contribution in [0.25, 0.3) is 0 Å². The first kappa shape index (κ1) is 8.72. The van der Waals surface area contributed by atoms with E-state index in [0.29, 0.717) is 11.6 Å². The Bertz CT molecular complexity index is 266. The molecule has 1 N–H and O–H groups in total. The minimum atomic E-state index is -0.0605. The van der Waals surface area contributed by atoms with Gasteiger partial charge in [-0.1, -0.05) is 0 Å². The molecule has 0 aliphatic carbocycles. The summed E-state index contributed by atoms with van der Waals surface area (Å²) in [6.45, 7) is 0.785. The maximum absolute atomic E-state index is 8.76. The van der Waals surface area contributed by atoms with E-state index in [4.69, 9.17) is 14.3 Å². The Morgan fingerprint density at radius 2 is 2.54 bits per heavy atom. The second-order valence-corrected chi connectivity index (χ2v) is 3.23. The van der Waals surface area contributed by atoms with Gasteiger partial charge in [0.1, 0.15) is 12.0 Å². The van der Waals surface area contributed by atoms with Crippen LogP contribution >= 0.6 is 0 Å². The molecule has 0 spiro atoms. The fraction of sp³-hybridized carbons (Fsp3) is 0.667. The Morgan fingerprint density at radius 3 is 3.15 bits per heavy atom. The van der Waals surface area contributed by atoms with E-state index in [1.165, 1.54) is 6.26 Å². The molecule has 1 aromatic heterocycles. The number of oxazole rings is 1. The molecule has 0 bridgehead atoms. The predicted molar refractivity (Wildman–Crippen MR) is 45.1 cm³/mol. The minimum absolute atomic E-state index is 0.0605. The summed E-state index contributed by atoms with van der Waals surface area (Å²) in [6.07, 6.45) is 4.67. The molecule has 1 unspecified atom stereocenters. The molecule has 4 heteroatoms. The second kappa shape index (κ2) is 3.89. The first-order chi connectivity index (χ1) is 6.38. The van der Waals surface area contributed by atoms with Crippen LogP contribution in [0.2, 0.25) is 0 Å². The monoisotopic (exact) mass is 183 g/mol. The summed E-state index contributed by atoms with van der Waals surface area (Å²) < 4.78 is 10.6. The van der Waals surface area contributed by atoms with Crippen LogP contribution in [-0.2, 0) is 17.8 Å². The summed E-state index contributed by atoms with van der Waals surface area (Å²) >= 11 is 0. The highest BCUT2D eigenvalue weighted by Crippen LogP contribution is 2.16. The van der Waals surface area contributed by atoms with Crippen molar-refractivity contribution in [3.63, 3.8) is 0 Å². The fourth-order valence-electron chi connectivity index (χ4n) is 1.52. The maximum atomic E-state index is 8.76. The molecule has 1 aromatic rings. The van der Waals surface area contributed by atoms with Gasteiger partial charge < -0.3 is 14.3 Å². The van der Waals surface area contributed by atoms with Gasteiger partial charge in [-0.15, -0.1) is 0 Å². The van der Waals surface area contributed by atoms with Crippen LogP contribution in [0.3, 0.4) is 0 Å². The number of aliphatic hydroxyl groups excluding tert-OH is 1. The number of aromatic nitrogens is 1. The quantitative estimate of drug-likeness (QED) is 0.756. The van der Waals surface area contributed by atoms with Gasteiger partial charge in [-0.3, -0.25) is 0 Å². The Morgan fingerprint density at radius 1 is 1.62 bits per heavy atom. The average molecular weight is 183 g/mol. The van der Waals surface area contributed by atoms with Crippen LogP contribution in [0.1, 0.15) is 24.4 Å². The minimum Gasteiger partial charge on any atom is -0.449 e. The molecule has 0 aromatic carbocycles. The fourth-order valence-corrected chi connectivity index (χ4v) is 1.52. The Balaban J connectivity index is 1.92. The zero-order chi connectivity index (χ0) is 9.10. The van der Waals surface area contributed by atoms with Gasteiger partial charge in [-0.05, 0) is 12.8 Å². The van der Waals surface area contributed by atoms with E-state index in [2.05, 4.69) is 4.98 Å². The number of aliphatic hydroxyl groups is 1. The Hall–Kier alpha value is -0.870. The van der Waals surface area contributed by atoms with Crippen molar-refractivity contribution in [2.45, 2.75) is 32.0 Å². The van der Waals surface area contributed by atoms with Crippen molar-refractivity contribution < 1.29 is 14.3 Å². The molecular formula is C9H13NO3. The topological polar surface area (TPSA) is 55.5 Å². The van der Waals surface area contributed by atoms with Gasteiger partial charge in [0.2, 0.25) is 0 Å². The molecular weight excluding hydrogens is 170 g/mol. The number of rotatable bonds is 3. The van der Waals surface area contributed by atoms with Crippen molar-refractivity contribution in [1.29, 1.82) is 0 Å². The molecule has 4 nitrogen and oxygen atoms in total. The van der Waals surface area contributed by atoms with Crippen molar-refractivity contribution >= 4 is 0 Å². The van der Waals surface area contributed by atoms with E-state index in [-0.39, 0.29) is 12.7 Å². The maximum Gasteiger partial charge on any atom is 0.196 e. The van der Waals surface area contributed by atoms with E-state index >= 15 is 0 Å². The third-order valence-electron chi connectivity index (χ3n) is 2.19. The van der Waals surface area contributed by atoms with Gasteiger partial charge in [-0.2, -0.15) is 0 Å². The molecule has 13 heavy (non-hydrogen) atoms. The van der Waals surface area contributed by atoms with E-state index in [0.717, 1.165) is 25.9 Å². The van der Waals surface area contributed by atoms with Gasteiger partial charge >= 0.3 is 0 Å². The normalized spacial score (nSPS) is 22.4. The summed E-state index contributed by atoms with van der Waals surface area (Å²) in [5.74, 6) is 0.663. The molecule has 0 saturated carbocycles. The van der Waals surface area contributed by atoms with Crippen molar-refractivity contribution in [3.05, 3.63) is 17.8 Å². The number of ether oxygens (including phenoxy) is 1. The third kappa shape index (κ3) is 2.08. The van der Waals surface area contributed by atoms with Gasteiger partial charge in [0.15, 0.2) is 5.89 Å². The van der Waals surface area contributed by atoms with E-state index in [1.807, 2.05) is 0 Å². The smallest absolute Gasteiger partial charge is 0.196 e. The molecule has 1 atom stereocenters. The SMILES string of the molecule is OCc1coc(CC2CCCO2)n1. The first-order valence-electron chi connectivity index (χ1n) is 4.54. The van der Waals surface area contributed by atoms with Crippen LogP contribution in [-0.4, -0.2) is 22.8 Å². The van der Waals surface area contributed by atoms with Crippen LogP contribution < -0.4 is 0 Å². The second-order valence-electron chi connectivity index (χ2n) is 3.23. The average Bonchev–Trinajstić information content (AvgIpc) is 2.76. The predicted octanol–water partition coefficient (Wildman–Crippen LogP) is 0.888. The van der Waals surface area contributed by atoms with Crippen molar-refractivity contribution in [1.82, 2.24) is 4.98 Å². The molecule has 0 amide bonds. The summed E-state index contributed by atoms with van der Waals surface area (Å²) in [4.78, 5) is 4.10.